The summed E-state index contributed by atoms with van der Waals surface area (Å²) in [6, 6.07) is 24.6. The number of methoxy groups -OCH3 is 2. The molecule has 1 fully saturated rings. The minimum absolute atomic E-state index is 0.0449. The summed E-state index contributed by atoms with van der Waals surface area (Å²) in [5, 5.41) is 4.00. The third-order valence-corrected chi connectivity index (χ3v) is 7.53. The van der Waals surface area contributed by atoms with E-state index in [9.17, 15) is 10.3 Å². The average molecular weight is 569 g/mol. The van der Waals surface area contributed by atoms with Crippen molar-refractivity contribution in [2.45, 2.75) is 37.3 Å². The standard InChI is InChI=1S/C31H32N6O5/c1-20-18-37(30(38)34-29(20)32)28-17-26(35-36-33)27(42-28)19-41-31(21-7-5-4-6-8-21,22-9-13-24(39-2)14-10-22)23-11-15-25(40-3)16-12-23/h4-16,18,26-28H,17,19H2,1-3H3,(H2,32,34,38)/t26-,27-,28-/m1/s1. The molecule has 11 nitrogen and oxygen atoms in total. The lowest BCUT2D eigenvalue weighted by atomic mass is 9.80. The van der Waals surface area contributed by atoms with E-state index in [-0.39, 0.29) is 18.8 Å². The highest BCUT2D eigenvalue weighted by Crippen LogP contribution is 2.43. The monoisotopic (exact) mass is 568 g/mol. The second-order valence-electron chi connectivity index (χ2n) is 9.95. The number of aryl methyl sites for hydroxylation is 1. The maximum absolute atomic E-state index is 12.7. The molecule has 0 aliphatic carbocycles. The van der Waals surface area contributed by atoms with Crippen LogP contribution in [0.1, 0.15) is 34.9 Å². The number of nitrogens with zero attached hydrogens (tertiary/aromatic N) is 5. The van der Waals surface area contributed by atoms with E-state index in [4.69, 9.17) is 24.7 Å². The molecule has 0 amide bonds. The summed E-state index contributed by atoms with van der Waals surface area (Å²) in [5.41, 5.74) is 16.8. The van der Waals surface area contributed by atoms with Gasteiger partial charge in [-0.05, 0) is 53.4 Å². The number of aromatic nitrogens is 2. The van der Waals surface area contributed by atoms with Gasteiger partial charge in [0.2, 0.25) is 0 Å². The summed E-state index contributed by atoms with van der Waals surface area (Å²) in [5.74, 6) is 1.57. The quantitative estimate of drug-likeness (QED) is 0.121. The Labute approximate surface area is 243 Å². The van der Waals surface area contributed by atoms with Crippen LogP contribution in [0.5, 0.6) is 11.5 Å². The molecule has 216 valence electrons. The lowest BCUT2D eigenvalue weighted by Crippen LogP contribution is -2.37. The molecule has 1 aliphatic heterocycles. The first-order chi connectivity index (χ1) is 20.4. The van der Waals surface area contributed by atoms with Gasteiger partial charge in [0.05, 0.1) is 33.0 Å². The van der Waals surface area contributed by atoms with Crippen molar-refractivity contribution in [3.05, 3.63) is 128 Å². The highest BCUT2D eigenvalue weighted by atomic mass is 16.6. The van der Waals surface area contributed by atoms with Crippen molar-refractivity contribution in [3.63, 3.8) is 0 Å². The van der Waals surface area contributed by atoms with Gasteiger partial charge >= 0.3 is 5.69 Å². The molecule has 1 aromatic heterocycles. The molecule has 0 radical (unpaired) electrons. The summed E-state index contributed by atoms with van der Waals surface area (Å²) in [7, 11) is 3.24. The van der Waals surface area contributed by atoms with Crippen LogP contribution >= 0.6 is 0 Å². The van der Waals surface area contributed by atoms with Gasteiger partial charge in [-0.15, -0.1) is 0 Å². The molecule has 3 aromatic carbocycles. The minimum Gasteiger partial charge on any atom is -0.497 e. The summed E-state index contributed by atoms with van der Waals surface area (Å²) < 4.78 is 25.5. The summed E-state index contributed by atoms with van der Waals surface area (Å²) in [4.78, 5) is 19.6. The van der Waals surface area contributed by atoms with E-state index in [0.717, 1.165) is 16.7 Å². The Morgan fingerprint density at radius 3 is 2.12 bits per heavy atom. The van der Waals surface area contributed by atoms with E-state index in [2.05, 4.69) is 15.0 Å². The predicted molar refractivity (Wildman–Crippen MR) is 157 cm³/mol. The van der Waals surface area contributed by atoms with Crippen LogP contribution in [0.15, 0.2) is 95.0 Å². The number of rotatable bonds is 10. The highest BCUT2D eigenvalue weighted by molar-refractivity contribution is 5.49. The molecule has 3 atom stereocenters. The zero-order valence-electron chi connectivity index (χ0n) is 23.6. The van der Waals surface area contributed by atoms with Crippen molar-refractivity contribution in [2.24, 2.45) is 5.11 Å². The van der Waals surface area contributed by atoms with E-state index in [0.29, 0.717) is 17.1 Å². The number of ether oxygens (including phenoxy) is 4. The lowest BCUT2D eigenvalue weighted by Gasteiger charge is -2.37. The molecule has 0 spiro atoms. The van der Waals surface area contributed by atoms with Crippen molar-refractivity contribution in [3.8, 4) is 11.5 Å². The molecule has 0 unspecified atom stereocenters. The van der Waals surface area contributed by atoms with Gasteiger partial charge in [0.1, 0.15) is 29.1 Å². The smallest absolute Gasteiger partial charge is 0.351 e. The molecule has 11 heteroatoms. The number of anilines is 1. The summed E-state index contributed by atoms with van der Waals surface area (Å²) in [6.45, 7) is 1.81. The third-order valence-electron chi connectivity index (χ3n) is 7.53. The van der Waals surface area contributed by atoms with Gasteiger partial charge in [-0.25, -0.2) is 4.79 Å². The van der Waals surface area contributed by atoms with Crippen LogP contribution in [0.25, 0.3) is 10.4 Å². The molecule has 5 rings (SSSR count). The molecule has 0 saturated carbocycles. The molecule has 2 heterocycles. The van der Waals surface area contributed by atoms with Gasteiger partial charge < -0.3 is 24.7 Å². The maximum atomic E-state index is 12.7. The normalized spacial score (nSPS) is 18.3. The van der Waals surface area contributed by atoms with Crippen LogP contribution in [0.3, 0.4) is 0 Å². The van der Waals surface area contributed by atoms with Crippen LogP contribution < -0.4 is 20.9 Å². The van der Waals surface area contributed by atoms with Crippen molar-refractivity contribution < 1.29 is 18.9 Å². The maximum Gasteiger partial charge on any atom is 0.351 e. The lowest BCUT2D eigenvalue weighted by molar-refractivity contribution is -0.0796. The number of nitrogens with two attached hydrogens (primary N) is 1. The summed E-state index contributed by atoms with van der Waals surface area (Å²) >= 11 is 0. The van der Waals surface area contributed by atoms with E-state index in [1.165, 1.54) is 4.57 Å². The van der Waals surface area contributed by atoms with E-state index >= 15 is 0 Å². The van der Waals surface area contributed by atoms with Gasteiger partial charge in [-0.1, -0.05) is 59.7 Å². The van der Waals surface area contributed by atoms with Crippen LogP contribution in [-0.2, 0) is 15.1 Å². The van der Waals surface area contributed by atoms with Gasteiger partial charge in [-0.3, -0.25) is 4.57 Å². The number of hydrogen-bond donors (Lipinski definition) is 1. The van der Waals surface area contributed by atoms with Crippen molar-refractivity contribution in [2.75, 3.05) is 26.6 Å². The Bertz CT molecular complexity index is 1570. The number of azide groups is 1. The number of benzene rings is 3. The zero-order chi connectivity index (χ0) is 29.7. The molecule has 1 saturated heterocycles. The summed E-state index contributed by atoms with van der Waals surface area (Å²) in [6.07, 6.45) is 0.512. The first-order valence-electron chi connectivity index (χ1n) is 13.4. The Kier molecular flexibility index (Phi) is 8.44. The Hall–Kier alpha value is -4.83. The SMILES string of the molecule is COc1ccc(C(OC[C@H]2O[C@@H](n3cc(C)c(N)nc3=O)C[C@H]2N=[N+]=[N-])(c2ccccc2)c2ccc(OC)cc2)cc1. The number of hydrogen-bond acceptors (Lipinski definition) is 8. The average Bonchev–Trinajstić information content (AvgIpc) is 3.42. The van der Waals surface area contributed by atoms with Gasteiger partial charge in [0.25, 0.3) is 0 Å². The first-order valence-corrected chi connectivity index (χ1v) is 13.4. The van der Waals surface area contributed by atoms with Crippen LogP contribution in [-0.4, -0.2) is 42.5 Å². The van der Waals surface area contributed by atoms with Crippen LogP contribution in [0.2, 0.25) is 0 Å². The van der Waals surface area contributed by atoms with E-state index in [1.54, 1.807) is 27.3 Å². The number of nitrogen functional groups attached to an aromatic ring is 1. The fourth-order valence-electron chi connectivity index (χ4n) is 5.29. The first kappa shape index (κ1) is 28.7. The Morgan fingerprint density at radius 1 is 1.00 bits per heavy atom. The van der Waals surface area contributed by atoms with Gasteiger partial charge in [-0.2, -0.15) is 4.98 Å². The highest BCUT2D eigenvalue weighted by Gasteiger charge is 2.42. The fraction of sp³-hybridized carbons (Fsp3) is 0.290. The van der Waals surface area contributed by atoms with Crippen molar-refractivity contribution in [1.82, 2.24) is 9.55 Å². The second kappa shape index (κ2) is 12.4. The molecule has 4 aromatic rings. The molecular weight excluding hydrogens is 536 g/mol. The second-order valence-corrected chi connectivity index (χ2v) is 9.95. The Balaban J connectivity index is 1.57. The largest absolute Gasteiger partial charge is 0.497 e. The Morgan fingerprint density at radius 2 is 1.57 bits per heavy atom. The topological polar surface area (TPSA) is 147 Å². The third kappa shape index (κ3) is 5.53. The molecule has 1 aliphatic rings. The van der Waals surface area contributed by atoms with Gasteiger partial charge in [0.15, 0.2) is 0 Å². The molecule has 42 heavy (non-hydrogen) atoms. The van der Waals surface area contributed by atoms with Crippen molar-refractivity contribution >= 4 is 5.82 Å². The molecular formula is C31H32N6O5. The van der Waals surface area contributed by atoms with E-state index < -0.39 is 29.7 Å². The van der Waals surface area contributed by atoms with Crippen LogP contribution in [0, 0.1) is 6.92 Å². The van der Waals surface area contributed by atoms with Gasteiger partial charge in [0, 0.05) is 23.1 Å². The zero-order valence-corrected chi connectivity index (χ0v) is 23.6. The fourth-order valence-corrected chi connectivity index (χ4v) is 5.29. The molecule has 2 N–H and O–H groups in total. The predicted octanol–water partition coefficient (Wildman–Crippen LogP) is 5.13. The van der Waals surface area contributed by atoms with Crippen molar-refractivity contribution in [1.29, 1.82) is 0 Å². The van der Waals surface area contributed by atoms with E-state index in [1.807, 2.05) is 78.9 Å². The molecule has 0 bridgehead atoms. The van der Waals surface area contributed by atoms with Crippen LogP contribution in [0.4, 0.5) is 5.82 Å². The minimum atomic E-state index is -1.08.